The summed E-state index contributed by atoms with van der Waals surface area (Å²) in [6.45, 7) is 1.98. The minimum Gasteiger partial charge on any atom is -0.367 e. The van der Waals surface area contributed by atoms with Crippen LogP contribution in [0, 0.1) is 5.82 Å². The van der Waals surface area contributed by atoms with Gasteiger partial charge in [-0.1, -0.05) is 24.9 Å². The molecule has 0 bridgehead atoms. The number of anilines is 1. The molecule has 4 nitrogen and oxygen atoms in total. The Morgan fingerprint density at radius 1 is 1.60 bits per heavy atom. The summed E-state index contributed by atoms with van der Waals surface area (Å²) in [5.74, 6) is -0.383. The highest BCUT2D eigenvalue weighted by molar-refractivity contribution is 6.32. The van der Waals surface area contributed by atoms with E-state index in [9.17, 15) is 4.39 Å². The van der Waals surface area contributed by atoms with Gasteiger partial charge in [-0.05, 0) is 6.42 Å². The summed E-state index contributed by atoms with van der Waals surface area (Å²) < 4.78 is 15.0. The van der Waals surface area contributed by atoms with Crippen LogP contribution in [0.25, 0.3) is 5.52 Å². The van der Waals surface area contributed by atoms with E-state index in [2.05, 4.69) is 10.1 Å². The molecule has 80 valence electrons. The number of hydrogen-bond donors (Lipinski definition) is 1. The molecule has 0 saturated carbocycles. The maximum Gasteiger partial charge on any atom is 0.238 e. The quantitative estimate of drug-likeness (QED) is 0.856. The number of fused-ring (bicyclic) bond motifs is 1. The van der Waals surface area contributed by atoms with E-state index >= 15 is 0 Å². The van der Waals surface area contributed by atoms with E-state index in [1.165, 1.54) is 10.7 Å². The van der Waals surface area contributed by atoms with Crippen LogP contribution in [0.1, 0.15) is 19.0 Å². The maximum atomic E-state index is 13.6. The summed E-state index contributed by atoms with van der Waals surface area (Å²) >= 11 is 5.86. The van der Waals surface area contributed by atoms with Crippen LogP contribution >= 0.6 is 11.6 Å². The lowest BCUT2D eigenvalue weighted by atomic mass is 10.2. The van der Waals surface area contributed by atoms with Gasteiger partial charge in [0.2, 0.25) is 5.95 Å². The summed E-state index contributed by atoms with van der Waals surface area (Å²) in [5, 5.41) is 4.04. The van der Waals surface area contributed by atoms with E-state index in [0.717, 1.165) is 6.42 Å². The van der Waals surface area contributed by atoms with Crippen LogP contribution in [0.5, 0.6) is 0 Å². The Labute approximate surface area is 90.9 Å². The largest absolute Gasteiger partial charge is 0.367 e. The van der Waals surface area contributed by atoms with Crippen LogP contribution in [0.15, 0.2) is 6.20 Å². The van der Waals surface area contributed by atoms with Crippen LogP contribution in [0.4, 0.5) is 10.3 Å². The third-order valence-electron chi connectivity index (χ3n) is 2.16. The molecule has 15 heavy (non-hydrogen) atoms. The molecule has 2 aromatic rings. The lowest BCUT2D eigenvalue weighted by molar-refractivity contribution is 0.638. The predicted octanol–water partition coefficient (Wildman–Crippen LogP) is 2.06. The second-order valence-corrected chi connectivity index (χ2v) is 3.62. The first kappa shape index (κ1) is 10.2. The van der Waals surface area contributed by atoms with Crippen molar-refractivity contribution in [3.05, 3.63) is 22.7 Å². The molecular formula is C9H10ClFN4. The molecule has 0 amide bonds. The number of halogens is 2. The van der Waals surface area contributed by atoms with Crippen LogP contribution < -0.4 is 5.73 Å². The molecule has 6 heteroatoms. The van der Waals surface area contributed by atoms with Crippen molar-refractivity contribution in [1.29, 1.82) is 0 Å². The van der Waals surface area contributed by atoms with E-state index in [0.29, 0.717) is 12.1 Å². The molecule has 0 aliphatic rings. The van der Waals surface area contributed by atoms with Crippen LogP contribution in [-0.2, 0) is 6.42 Å². The van der Waals surface area contributed by atoms with Crippen molar-refractivity contribution >= 4 is 23.1 Å². The molecule has 0 atom stereocenters. The number of aromatic nitrogens is 3. The lowest BCUT2D eigenvalue weighted by Crippen LogP contribution is -2.03. The summed E-state index contributed by atoms with van der Waals surface area (Å²) in [7, 11) is 0. The summed E-state index contributed by atoms with van der Waals surface area (Å²) in [4.78, 5) is 3.73. The molecule has 0 aromatic carbocycles. The van der Waals surface area contributed by atoms with Crippen LogP contribution in [-0.4, -0.2) is 14.6 Å². The first-order valence-electron chi connectivity index (χ1n) is 4.62. The Morgan fingerprint density at radius 3 is 3.00 bits per heavy atom. The molecule has 0 unspecified atom stereocenters. The normalized spacial score (nSPS) is 11.1. The topological polar surface area (TPSA) is 56.2 Å². The molecule has 2 aromatic heterocycles. The molecule has 0 aliphatic heterocycles. The summed E-state index contributed by atoms with van der Waals surface area (Å²) in [6, 6.07) is 0. The van der Waals surface area contributed by atoms with Crippen molar-refractivity contribution in [2.75, 3.05) is 5.73 Å². The van der Waals surface area contributed by atoms with Gasteiger partial charge in [0.1, 0.15) is 10.5 Å². The molecule has 0 fully saturated rings. The second kappa shape index (κ2) is 3.66. The summed E-state index contributed by atoms with van der Waals surface area (Å²) in [6.07, 6.45) is 2.85. The van der Waals surface area contributed by atoms with Crippen LogP contribution in [0.2, 0.25) is 5.02 Å². The highest BCUT2D eigenvalue weighted by Crippen LogP contribution is 2.26. The smallest absolute Gasteiger partial charge is 0.238 e. The molecule has 2 rings (SSSR count). The van der Waals surface area contributed by atoms with E-state index < -0.39 is 5.82 Å². The zero-order valence-electron chi connectivity index (χ0n) is 8.17. The van der Waals surface area contributed by atoms with Gasteiger partial charge < -0.3 is 5.73 Å². The molecular weight excluding hydrogens is 219 g/mol. The minimum atomic E-state index is -0.486. The van der Waals surface area contributed by atoms with E-state index in [4.69, 9.17) is 17.3 Å². The van der Waals surface area contributed by atoms with Crippen LogP contribution in [0.3, 0.4) is 0 Å². The van der Waals surface area contributed by atoms with Crippen molar-refractivity contribution in [2.24, 2.45) is 0 Å². The lowest BCUT2D eigenvalue weighted by Gasteiger charge is -2.00. The molecule has 0 saturated heterocycles. The van der Waals surface area contributed by atoms with Gasteiger partial charge >= 0.3 is 0 Å². The number of aryl methyl sites for hydroxylation is 1. The van der Waals surface area contributed by atoms with Gasteiger partial charge in [0.25, 0.3) is 0 Å². The average molecular weight is 229 g/mol. The first-order chi connectivity index (χ1) is 7.15. The second-order valence-electron chi connectivity index (χ2n) is 3.24. The fraction of sp³-hybridized carbons (Fsp3) is 0.333. The highest BCUT2D eigenvalue weighted by Gasteiger charge is 2.17. The van der Waals surface area contributed by atoms with Crippen molar-refractivity contribution < 1.29 is 4.39 Å². The molecule has 2 heterocycles. The number of hydrogen-bond acceptors (Lipinski definition) is 3. The first-order valence-corrected chi connectivity index (χ1v) is 5.00. The molecule has 0 spiro atoms. The Bertz CT molecular complexity index is 508. The SMILES string of the molecule is CCCc1c(Cl)c(F)c2cnc(N)nn12. The molecule has 0 radical (unpaired) electrons. The number of nitrogens with two attached hydrogens (primary N) is 1. The Kier molecular flexibility index (Phi) is 2.48. The zero-order chi connectivity index (χ0) is 11.0. The third-order valence-corrected chi connectivity index (χ3v) is 2.55. The van der Waals surface area contributed by atoms with Gasteiger partial charge in [-0.15, -0.1) is 5.10 Å². The van der Waals surface area contributed by atoms with Gasteiger partial charge in [-0.3, -0.25) is 0 Å². The van der Waals surface area contributed by atoms with Gasteiger partial charge in [0, 0.05) is 0 Å². The van der Waals surface area contributed by atoms with Crippen molar-refractivity contribution in [1.82, 2.24) is 14.6 Å². The molecule has 0 aliphatic carbocycles. The third kappa shape index (κ3) is 1.52. The minimum absolute atomic E-state index is 0.103. The highest BCUT2D eigenvalue weighted by atomic mass is 35.5. The fourth-order valence-corrected chi connectivity index (χ4v) is 1.78. The standard InChI is InChI=1S/C9H10ClFN4/c1-2-3-5-7(10)8(11)6-4-13-9(12)14-15(5)6/h4H,2-3H2,1H3,(H2,12,14). The van der Waals surface area contributed by atoms with Gasteiger partial charge in [-0.2, -0.15) is 0 Å². The number of nitrogen functional groups attached to an aromatic ring is 1. The monoisotopic (exact) mass is 228 g/mol. The fourth-order valence-electron chi connectivity index (χ4n) is 1.50. The maximum absolute atomic E-state index is 13.6. The Hall–Kier alpha value is -1.36. The van der Waals surface area contributed by atoms with E-state index in [1.54, 1.807) is 0 Å². The van der Waals surface area contributed by atoms with Crippen molar-refractivity contribution in [3.8, 4) is 0 Å². The predicted molar refractivity (Wildman–Crippen MR) is 56.4 cm³/mol. The number of nitrogens with zero attached hydrogens (tertiary/aromatic N) is 3. The van der Waals surface area contributed by atoms with Gasteiger partial charge in [-0.25, -0.2) is 13.9 Å². The van der Waals surface area contributed by atoms with Crippen molar-refractivity contribution in [3.63, 3.8) is 0 Å². The van der Waals surface area contributed by atoms with Crippen molar-refractivity contribution in [2.45, 2.75) is 19.8 Å². The van der Waals surface area contributed by atoms with Gasteiger partial charge in [0.15, 0.2) is 5.82 Å². The zero-order valence-corrected chi connectivity index (χ0v) is 8.92. The number of rotatable bonds is 2. The Morgan fingerprint density at radius 2 is 2.33 bits per heavy atom. The molecule has 2 N–H and O–H groups in total. The summed E-state index contributed by atoms with van der Waals surface area (Å²) in [5.41, 5.74) is 6.34. The average Bonchev–Trinajstić information content (AvgIpc) is 2.44. The van der Waals surface area contributed by atoms with E-state index in [1.807, 2.05) is 6.92 Å². The Balaban J connectivity index is 2.76. The van der Waals surface area contributed by atoms with Gasteiger partial charge in [0.05, 0.1) is 11.9 Å². The van der Waals surface area contributed by atoms with E-state index in [-0.39, 0.29) is 16.5 Å².